The predicted octanol–water partition coefficient (Wildman–Crippen LogP) is 4.63. The van der Waals surface area contributed by atoms with Crippen molar-refractivity contribution in [1.29, 1.82) is 0 Å². The molecule has 0 atom stereocenters. The third kappa shape index (κ3) is 3.60. The van der Waals surface area contributed by atoms with Crippen molar-refractivity contribution < 1.29 is 29.7 Å². The van der Waals surface area contributed by atoms with Crippen LogP contribution in [-0.4, -0.2) is 38.0 Å². The number of benzene rings is 2. The Balaban J connectivity index is 1.84. The van der Waals surface area contributed by atoms with E-state index in [1.165, 1.54) is 12.3 Å². The number of thiophene rings is 1. The van der Waals surface area contributed by atoms with Gasteiger partial charge in [0.15, 0.2) is 0 Å². The van der Waals surface area contributed by atoms with Gasteiger partial charge in [-0.05, 0) is 17.2 Å². The van der Waals surface area contributed by atoms with Crippen LogP contribution in [0.25, 0.3) is 28.1 Å². The normalized spacial score (nSPS) is 11.2. The minimum Gasteiger partial charge on any atom is -0.506 e. The first-order valence-corrected chi connectivity index (χ1v) is 9.90. The summed E-state index contributed by atoms with van der Waals surface area (Å²) in [5, 5.41) is 29.8. The van der Waals surface area contributed by atoms with E-state index >= 15 is 0 Å². The number of rotatable bonds is 6. The van der Waals surface area contributed by atoms with E-state index in [1.54, 1.807) is 48.5 Å². The summed E-state index contributed by atoms with van der Waals surface area (Å²) in [6.45, 7) is 0. The maximum atomic E-state index is 13.3. The maximum Gasteiger partial charge on any atom is 0.346 e. The zero-order chi connectivity index (χ0) is 22.1. The van der Waals surface area contributed by atoms with Crippen molar-refractivity contribution in [2.75, 3.05) is 0 Å². The lowest BCUT2D eigenvalue weighted by molar-refractivity contribution is -0.131. The van der Waals surface area contributed by atoms with Gasteiger partial charge in [-0.3, -0.25) is 4.79 Å². The highest BCUT2D eigenvalue weighted by Crippen LogP contribution is 2.43. The molecule has 0 radical (unpaired) electrons. The molecule has 0 aliphatic heterocycles. The minimum atomic E-state index is -1.24. The molecule has 4 N–H and O–H groups in total. The van der Waals surface area contributed by atoms with Crippen molar-refractivity contribution in [2.45, 2.75) is 0 Å². The van der Waals surface area contributed by atoms with E-state index in [1.807, 2.05) is 0 Å². The fraction of sp³-hybridized carbons (Fsp3) is 0. The molecule has 2 aromatic carbocycles. The van der Waals surface area contributed by atoms with Gasteiger partial charge in [0.25, 0.3) is 0 Å². The SMILES string of the molecule is O=C(O)C=Cc1cccc2c(C(=O)c3sc(C(=O)O)c(-c4ccccc4)c3O)c[nH]c12. The summed E-state index contributed by atoms with van der Waals surface area (Å²) in [5.74, 6) is -3.25. The lowest BCUT2D eigenvalue weighted by Crippen LogP contribution is -1.98. The summed E-state index contributed by atoms with van der Waals surface area (Å²) in [4.78, 5) is 38.6. The number of hydrogen-bond acceptors (Lipinski definition) is 5. The second-order valence-electron chi connectivity index (χ2n) is 6.63. The summed E-state index contributed by atoms with van der Waals surface area (Å²) in [5.41, 5.74) is 1.97. The third-order valence-corrected chi connectivity index (χ3v) is 5.91. The van der Waals surface area contributed by atoms with Crippen LogP contribution in [0.2, 0.25) is 0 Å². The van der Waals surface area contributed by atoms with Gasteiger partial charge < -0.3 is 20.3 Å². The van der Waals surface area contributed by atoms with Gasteiger partial charge in [0, 0.05) is 28.8 Å². The number of ketones is 1. The molecule has 0 saturated carbocycles. The predicted molar refractivity (Wildman–Crippen MR) is 117 cm³/mol. The number of carbonyl (C=O) groups excluding carboxylic acids is 1. The van der Waals surface area contributed by atoms with Gasteiger partial charge in [0.1, 0.15) is 15.5 Å². The molecule has 0 fully saturated rings. The Bertz CT molecular complexity index is 1360. The lowest BCUT2D eigenvalue weighted by atomic mass is 10.0. The molecule has 0 unspecified atom stereocenters. The molecular weight excluding hydrogens is 418 g/mol. The minimum absolute atomic E-state index is 0.0800. The Morgan fingerprint density at radius 3 is 2.35 bits per heavy atom. The first-order chi connectivity index (χ1) is 14.9. The number of aromatic nitrogens is 1. The van der Waals surface area contributed by atoms with E-state index in [4.69, 9.17) is 5.11 Å². The van der Waals surface area contributed by atoms with Crippen LogP contribution in [-0.2, 0) is 4.79 Å². The molecule has 0 saturated heterocycles. The second-order valence-corrected chi connectivity index (χ2v) is 7.65. The molecular formula is C23H15NO6S. The van der Waals surface area contributed by atoms with Crippen LogP contribution in [0.4, 0.5) is 0 Å². The molecule has 0 aliphatic rings. The fourth-order valence-corrected chi connectivity index (χ4v) is 4.40. The van der Waals surface area contributed by atoms with Crippen LogP contribution in [0.1, 0.15) is 30.5 Å². The number of hydrogen-bond donors (Lipinski definition) is 4. The molecule has 7 nitrogen and oxygen atoms in total. The first-order valence-electron chi connectivity index (χ1n) is 9.08. The monoisotopic (exact) mass is 433 g/mol. The van der Waals surface area contributed by atoms with Crippen LogP contribution < -0.4 is 0 Å². The number of aromatic carboxylic acids is 1. The molecule has 154 valence electrons. The van der Waals surface area contributed by atoms with E-state index in [0.717, 1.165) is 17.4 Å². The molecule has 4 aromatic rings. The van der Waals surface area contributed by atoms with Gasteiger partial charge >= 0.3 is 11.9 Å². The van der Waals surface area contributed by atoms with E-state index in [-0.39, 0.29) is 26.6 Å². The van der Waals surface area contributed by atoms with E-state index in [9.17, 15) is 24.6 Å². The van der Waals surface area contributed by atoms with Crippen LogP contribution in [0.5, 0.6) is 5.75 Å². The van der Waals surface area contributed by atoms with Crippen LogP contribution >= 0.6 is 11.3 Å². The number of carboxylic acids is 2. The van der Waals surface area contributed by atoms with Crippen molar-refractivity contribution in [2.24, 2.45) is 0 Å². The standard InChI is InChI=1S/C23H15NO6S/c25-16(26)10-9-13-7-4-8-14-15(11-24-18(13)14)19(27)22-20(28)17(21(31-22)23(29)30)12-5-2-1-3-6-12/h1-11,24,28H,(H,25,26)(H,29,30). The zero-order valence-corrected chi connectivity index (χ0v) is 16.6. The van der Waals surface area contributed by atoms with Gasteiger partial charge in [-0.15, -0.1) is 11.3 Å². The van der Waals surface area contributed by atoms with Gasteiger partial charge in [0.2, 0.25) is 5.78 Å². The number of fused-ring (bicyclic) bond motifs is 1. The fourth-order valence-electron chi connectivity index (χ4n) is 3.39. The molecule has 0 bridgehead atoms. The largest absolute Gasteiger partial charge is 0.506 e. The molecule has 8 heteroatoms. The van der Waals surface area contributed by atoms with Crippen molar-refractivity contribution in [3.8, 4) is 16.9 Å². The van der Waals surface area contributed by atoms with E-state index < -0.39 is 17.7 Å². The second kappa shape index (κ2) is 7.92. The third-order valence-electron chi connectivity index (χ3n) is 4.74. The van der Waals surface area contributed by atoms with Crippen LogP contribution in [0, 0.1) is 0 Å². The van der Waals surface area contributed by atoms with Gasteiger partial charge in [-0.25, -0.2) is 9.59 Å². The number of nitrogens with one attached hydrogen (secondary N) is 1. The molecule has 2 aromatic heterocycles. The van der Waals surface area contributed by atoms with Gasteiger partial charge in [-0.1, -0.05) is 48.5 Å². The number of carboxylic acid groups (broad SMARTS) is 2. The Hall–Kier alpha value is -4.17. The molecule has 0 spiro atoms. The highest BCUT2D eigenvalue weighted by Gasteiger charge is 2.28. The Morgan fingerprint density at radius 1 is 0.935 bits per heavy atom. The molecule has 2 heterocycles. The molecule has 0 amide bonds. The highest BCUT2D eigenvalue weighted by molar-refractivity contribution is 7.17. The number of aromatic amines is 1. The summed E-state index contributed by atoms with van der Waals surface area (Å²) < 4.78 is 0. The van der Waals surface area contributed by atoms with E-state index in [0.29, 0.717) is 22.0 Å². The van der Waals surface area contributed by atoms with Crippen LogP contribution in [0.15, 0.2) is 60.8 Å². The Labute approximate surface area is 179 Å². The molecule has 4 rings (SSSR count). The highest BCUT2D eigenvalue weighted by atomic mass is 32.1. The lowest BCUT2D eigenvalue weighted by Gasteiger charge is -2.02. The summed E-state index contributed by atoms with van der Waals surface area (Å²) in [7, 11) is 0. The van der Waals surface area contributed by atoms with Crippen molar-refractivity contribution in [1.82, 2.24) is 4.98 Å². The number of H-pyrrole nitrogens is 1. The van der Waals surface area contributed by atoms with Crippen molar-refractivity contribution in [3.05, 3.63) is 81.7 Å². The average molecular weight is 433 g/mol. The summed E-state index contributed by atoms with van der Waals surface area (Å²) >= 11 is 0.718. The quantitative estimate of drug-likeness (QED) is 0.259. The smallest absolute Gasteiger partial charge is 0.346 e. The number of para-hydroxylation sites is 1. The first kappa shape index (κ1) is 20.1. The zero-order valence-electron chi connectivity index (χ0n) is 15.8. The van der Waals surface area contributed by atoms with Crippen LogP contribution in [0.3, 0.4) is 0 Å². The summed E-state index contributed by atoms with van der Waals surface area (Å²) in [6.07, 6.45) is 3.87. The molecule has 31 heavy (non-hydrogen) atoms. The Morgan fingerprint density at radius 2 is 1.68 bits per heavy atom. The topological polar surface area (TPSA) is 128 Å². The molecule has 0 aliphatic carbocycles. The van der Waals surface area contributed by atoms with Crippen molar-refractivity contribution in [3.63, 3.8) is 0 Å². The summed E-state index contributed by atoms with van der Waals surface area (Å²) in [6, 6.07) is 13.6. The number of carbonyl (C=O) groups is 3. The Kier molecular flexibility index (Phi) is 5.14. The number of aromatic hydroxyl groups is 1. The number of aliphatic carboxylic acids is 1. The van der Waals surface area contributed by atoms with Crippen molar-refractivity contribution >= 4 is 46.0 Å². The average Bonchev–Trinajstić information content (AvgIpc) is 3.34. The van der Waals surface area contributed by atoms with E-state index in [2.05, 4.69) is 4.98 Å². The maximum absolute atomic E-state index is 13.3. The van der Waals surface area contributed by atoms with Gasteiger partial charge in [0.05, 0.1) is 5.52 Å². The van der Waals surface area contributed by atoms with Gasteiger partial charge in [-0.2, -0.15) is 0 Å².